The fourth-order valence-corrected chi connectivity index (χ4v) is 4.30. The minimum atomic E-state index is -0.00429. The summed E-state index contributed by atoms with van der Waals surface area (Å²) in [6.45, 7) is 6.76. The summed E-state index contributed by atoms with van der Waals surface area (Å²) in [6.07, 6.45) is 0. The number of aryl methyl sites for hydroxylation is 1. The number of ketones is 1. The first-order valence-electron chi connectivity index (χ1n) is 10.6. The number of hydrogen-bond acceptors (Lipinski definition) is 4. The van der Waals surface area contributed by atoms with E-state index >= 15 is 0 Å². The number of rotatable bonds is 8. The third-order valence-electron chi connectivity index (χ3n) is 5.81. The highest BCUT2D eigenvalue weighted by Crippen LogP contribution is 2.27. The van der Waals surface area contributed by atoms with Gasteiger partial charge in [0.25, 0.3) is 0 Å². The third kappa shape index (κ3) is 3.99. The molecule has 0 unspecified atom stereocenters. The fourth-order valence-electron chi connectivity index (χ4n) is 4.30. The number of aromatic nitrogens is 3. The summed E-state index contributed by atoms with van der Waals surface area (Å²) in [6, 6.07) is 20.2. The van der Waals surface area contributed by atoms with Crippen molar-refractivity contribution in [2.75, 3.05) is 18.5 Å². The number of imidazole rings is 1. The SMILES string of the molecule is Cc1cc(C(=O)Cn2c(NCCO)nc3ccccc32)c(C)n1[C@H](C)c1ccccc1. The Balaban J connectivity index is 1.67. The maximum Gasteiger partial charge on any atom is 0.204 e. The van der Waals surface area contributed by atoms with Crippen LogP contribution in [0.15, 0.2) is 60.7 Å². The number of nitrogens with zero attached hydrogens (tertiary/aromatic N) is 3. The van der Waals surface area contributed by atoms with Gasteiger partial charge in [-0.15, -0.1) is 0 Å². The van der Waals surface area contributed by atoms with Gasteiger partial charge in [-0.25, -0.2) is 4.98 Å². The average Bonchev–Trinajstić information content (AvgIpc) is 3.28. The Kier molecular flexibility index (Phi) is 5.91. The van der Waals surface area contributed by atoms with E-state index in [1.54, 1.807) is 0 Å². The summed E-state index contributed by atoms with van der Waals surface area (Å²) in [4.78, 5) is 18.0. The van der Waals surface area contributed by atoms with Crippen molar-refractivity contribution in [1.82, 2.24) is 14.1 Å². The maximum absolute atomic E-state index is 13.4. The zero-order valence-electron chi connectivity index (χ0n) is 18.2. The van der Waals surface area contributed by atoms with E-state index in [-0.39, 0.29) is 25.0 Å². The third-order valence-corrected chi connectivity index (χ3v) is 5.81. The van der Waals surface area contributed by atoms with Gasteiger partial charge in [-0.1, -0.05) is 42.5 Å². The molecule has 0 bridgehead atoms. The summed E-state index contributed by atoms with van der Waals surface area (Å²) < 4.78 is 4.11. The number of aliphatic hydroxyl groups excluding tert-OH is 1. The van der Waals surface area contributed by atoms with E-state index in [9.17, 15) is 9.90 Å². The van der Waals surface area contributed by atoms with Gasteiger partial charge in [-0.3, -0.25) is 4.79 Å². The number of nitrogens with one attached hydrogen (secondary N) is 1. The molecule has 0 spiro atoms. The minimum Gasteiger partial charge on any atom is -0.395 e. The van der Waals surface area contributed by atoms with E-state index in [1.165, 1.54) is 5.56 Å². The summed E-state index contributed by atoms with van der Waals surface area (Å²) >= 11 is 0. The molecule has 2 N–H and O–H groups in total. The zero-order valence-corrected chi connectivity index (χ0v) is 18.2. The summed E-state index contributed by atoms with van der Waals surface area (Å²) in [5.41, 5.74) is 5.67. The van der Waals surface area contributed by atoms with Gasteiger partial charge in [0.05, 0.1) is 30.2 Å². The highest BCUT2D eigenvalue weighted by molar-refractivity contribution is 5.98. The Morgan fingerprint density at radius 1 is 1.10 bits per heavy atom. The van der Waals surface area contributed by atoms with Crippen LogP contribution in [0.3, 0.4) is 0 Å². The first-order valence-corrected chi connectivity index (χ1v) is 10.6. The van der Waals surface area contributed by atoms with Crippen molar-refractivity contribution in [3.8, 4) is 0 Å². The Morgan fingerprint density at radius 3 is 2.55 bits per heavy atom. The summed E-state index contributed by atoms with van der Waals surface area (Å²) in [5, 5.41) is 12.3. The lowest BCUT2D eigenvalue weighted by molar-refractivity contribution is 0.0973. The molecule has 0 radical (unpaired) electrons. The lowest BCUT2D eigenvalue weighted by Gasteiger charge is -2.19. The van der Waals surface area contributed by atoms with E-state index in [0.29, 0.717) is 12.5 Å². The van der Waals surface area contributed by atoms with E-state index in [4.69, 9.17) is 0 Å². The Hall–Kier alpha value is -3.38. The molecule has 6 nitrogen and oxygen atoms in total. The van der Waals surface area contributed by atoms with Crippen LogP contribution in [-0.2, 0) is 6.54 Å². The van der Waals surface area contributed by atoms with Crippen molar-refractivity contribution in [1.29, 1.82) is 0 Å². The van der Waals surface area contributed by atoms with E-state index in [0.717, 1.165) is 28.0 Å². The second-order valence-corrected chi connectivity index (χ2v) is 7.83. The maximum atomic E-state index is 13.4. The number of hydrogen-bond donors (Lipinski definition) is 2. The van der Waals surface area contributed by atoms with Gasteiger partial charge in [0.2, 0.25) is 5.95 Å². The lowest BCUT2D eigenvalue weighted by atomic mass is 10.1. The van der Waals surface area contributed by atoms with Crippen molar-refractivity contribution < 1.29 is 9.90 Å². The van der Waals surface area contributed by atoms with Crippen LogP contribution in [0.4, 0.5) is 5.95 Å². The lowest BCUT2D eigenvalue weighted by Crippen LogP contribution is -2.17. The van der Waals surface area contributed by atoms with Gasteiger partial charge in [0, 0.05) is 23.5 Å². The molecule has 0 aliphatic carbocycles. The number of carbonyl (C=O) groups excluding carboxylic acids is 1. The fraction of sp³-hybridized carbons (Fsp3) is 0.280. The molecule has 0 saturated carbocycles. The van der Waals surface area contributed by atoms with Crippen molar-refractivity contribution in [2.24, 2.45) is 0 Å². The number of benzene rings is 2. The predicted molar refractivity (Wildman–Crippen MR) is 124 cm³/mol. The molecular formula is C25H28N4O2. The monoisotopic (exact) mass is 416 g/mol. The zero-order chi connectivity index (χ0) is 22.0. The molecule has 0 aliphatic rings. The van der Waals surface area contributed by atoms with Crippen molar-refractivity contribution >= 4 is 22.8 Å². The van der Waals surface area contributed by atoms with Crippen LogP contribution in [0.2, 0.25) is 0 Å². The molecule has 1 atom stereocenters. The molecule has 4 rings (SSSR count). The quantitative estimate of drug-likeness (QED) is 0.419. The van der Waals surface area contributed by atoms with Crippen molar-refractivity contribution in [3.05, 3.63) is 83.2 Å². The Bertz CT molecular complexity index is 1210. The number of Topliss-reactive ketones (excluding diaryl/α,β-unsaturated/α-hetero) is 1. The number of aliphatic hydroxyl groups is 1. The molecule has 2 aromatic carbocycles. The standard InChI is InChI=1S/C25H28N4O2/c1-17-15-21(19(3)29(17)18(2)20-9-5-4-6-10-20)24(31)16-28-23-12-8-7-11-22(23)27-25(28)26-13-14-30/h4-12,15,18,30H,13-14,16H2,1-3H3,(H,26,27)/t18-/m1/s1. The van der Waals surface area contributed by atoms with Crippen LogP contribution >= 0.6 is 0 Å². The largest absolute Gasteiger partial charge is 0.395 e. The molecule has 160 valence electrons. The Labute approximate surface area is 182 Å². The van der Waals surface area contributed by atoms with E-state index in [1.807, 2.05) is 66.9 Å². The molecule has 2 heterocycles. The highest BCUT2D eigenvalue weighted by atomic mass is 16.3. The van der Waals surface area contributed by atoms with Crippen LogP contribution in [0.1, 0.15) is 40.3 Å². The molecule has 2 aromatic heterocycles. The molecule has 4 aromatic rings. The first kappa shape index (κ1) is 20.9. The molecule has 6 heteroatoms. The van der Waals surface area contributed by atoms with Gasteiger partial charge >= 0.3 is 0 Å². The van der Waals surface area contributed by atoms with Crippen molar-refractivity contribution in [3.63, 3.8) is 0 Å². The van der Waals surface area contributed by atoms with Gasteiger partial charge in [0.15, 0.2) is 5.78 Å². The second kappa shape index (κ2) is 8.78. The summed E-state index contributed by atoms with van der Waals surface area (Å²) in [7, 11) is 0. The average molecular weight is 417 g/mol. The highest BCUT2D eigenvalue weighted by Gasteiger charge is 2.21. The second-order valence-electron chi connectivity index (χ2n) is 7.83. The molecule has 0 saturated heterocycles. The molecule has 0 amide bonds. The first-order chi connectivity index (χ1) is 15.0. The topological polar surface area (TPSA) is 72.1 Å². The van der Waals surface area contributed by atoms with Crippen LogP contribution in [-0.4, -0.2) is 38.2 Å². The van der Waals surface area contributed by atoms with Crippen LogP contribution < -0.4 is 5.32 Å². The molecule has 0 aliphatic heterocycles. The normalized spacial score (nSPS) is 12.3. The van der Waals surface area contributed by atoms with E-state index < -0.39 is 0 Å². The number of fused-ring (bicyclic) bond motifs is 1. The number of anilines is 1. The van der Waals surface area contributed by atoms with Gasteiger partial charge < -0.3 is 19.6 Å². The number of para-hydroxylation sites is 2. The molecule has 31 heavy (non-hydrogen) atoms. The molecule has 0 fully saturated rings. The number of carbonyl (C=O) groups is 1. The van der Waals surface area contributed by atoms with Gasteiger partial charge in [-0.2, -0.15) is 0 Å². The van der Waals surface area contributed by atoms with Crippen molar-refractivity contribution in [2.45, 2.75) is 33.4 Å². The van der Waals surface area contributed by atoms with Crippen LogP contribution in [0, 0.1) is 13.8 Å². The van der Waals surface area contributed by atoms with E-state index in [2.05, 4.69) is 33.9 Å². The van der Waals surface area contributed by atoms with Crippen LogP contribution in [0.25, 0.3) is 11.0 Å². The predicted octanol–water partition coefficient (Wildman–Crippen LogP) is 4.35. The van der Waals surface area contributed by atoms with Gasteiger partial charge in [-0.05, 0) is 44.5 Å². The molecular weight excluding hydrogens is 388 g/mol. The van der Waals surface area contributed by atoms with Gasteiger partial charge in [0.1, 0.15) is 0 Å². The minimum absolute atomic E-state index is 0.00429. The smallest absolute Gasteiger partial charge is 0.204 e. The van der Waals surface area contributed by atoms with Crippen LogP contribution in [0.5, 0.6) is 0 Å². The summed E-state index contributed by atoms with van der Waals surface area (Å²) in [5.74, 6) is 0.630. The Morgan fingerprint density at radius 2 is 1.81 bits per heavy atom.